The van der Waals surface area contributed by atoms with Crippen LogP contribution in [0.3, 0.4) is 0 Å². The van der Waals surface area contributed by atoms with Crippen molar-refractivity contribution in [3.05, 3.63) is 51.3 Å². The molecule has 83 valence electrons. The molecule has 1 radical (unpaired) electrons. The van der Waals surface area contributed by atoms with Crippen LogP contribution in [0.15, 0.2) is 36.4 Å². The molecule has 0 fully saturated rings. The van der Waals surface area contributed by atoms with Gasteiger partial charge in [-0.25, -0.2) is 0 Å². The van der Waals surface area contributed by atoms with Gasteiger partial charge in [0.2, 0.25) is 0 Å². The molecule has 0 amide bonds. The van der Waals surface area contributed by atoms with E-state index in [-0.39, 0.29) is 47.6 Å². The molecule has 0 atom stereocenters. The second kappa shape index (κ2) is 37.7. The summed E-state index contributed by atoms with van der Waals surface area (Å²) in [6, 6.07) is 12.0. The standard InChI is InChI=1S/C6H6.C3H8.C2H6.2CH3.Y/c1-2-4-6-5-3-1;1-3-2;1-2;;;/h1-6H;3H2,1-2H3;1-2H3;2*1H3;/q;;;2*-1;. The summed E-state index contributed by atoms with van der Waals surface area (Å²) in [5.74, 6) is 0. The Morgan fingerprint density at radius 2 is 0.714 bits per heavy atom. The summed E-state index contributed by atoms with van der Waals surface area (Å²) < 4.78 is 0. The number of hydrogen-bond acceptors (Lipinski definition) is 0. The molecule has 1 rings (SSSR count). The largest absolute Gasteiger partial charge is 0.358 e. The first kappa shape index (κ1) is 29.3. The Hall–Kier alpha value is 0.324. The fraction of sp³-hybridized carbons (Fsp3) is 0.385. The molecule has 0 aliphatic heterocycles. The number of benzene rings is 1. The first-order chi connectivity index (χ1) is 5.41. The molecule has 0 unspecified atom stereocenters. The molecule has 0 bridgehead atoms. The van der Waals surface area contributed by atoms with Crippen LogP contribution in [0.25, 0.3) is 0 Å². The van der Waals surface area contributed by atoms with E-state index in [4.69, 9.17) is 0 Å². The molecule has 0 aliphatic rings. The molecule has 0 aromatic heterocycles. The Morgan fingerprint density at radius 3 is 0.786 bits per heavy atom. The second-order valence-electron chi connectivity index (χ2n) is 1.86. The zero-order valence-corrected chi connectivity index (χ0v) is 13.6. The van der Waals surface area contributed by atoms with Crippen LogP contribution in [0.5, 0.6) is 0 Å². The molecule has 1 heteroatoms. The van der Waals surface area contributed by atoms with E-state index in [0.717, 1.165) is 0 Å². The molecule has 0 spiro atoms. The monoisotopic (exact) mass is 271 g/mol. The topological polar surface area (TPSA) is 0 Å². The third-order valence-corrected chi connectivity index (χ3v) is 0.667. The van der Waals surface area contributed by atoms with Gasteiger partial charge in [-0.15, -0.1) is 0 Å². The van der Waals surface area contributed by atoms with Crippen LogP contribution >= 0.6 is 0 Å². The van der Waals surface area contributed by atoms with Gasteiger partial charge < -0.3 is 14.9 Å². The van der Waals surface area contributed by atoms with E-state index < -0.39 is 0 Å². The van der Waals surface area contributed by atoms with E-state index in [1.807, 2.05) is 50.2 Å². The third kappa shape index (κ3) is 39.5. The zero-order valence-electron chi connectivity index (χ0n) is 10.7. The maximum atomic E-state index is 2.12. The molecule has 0 aliphatic carbocycles. The van der Waals surface area contributed by atoms with Gasteiger partial charge in [0.25, 0.3) is 0 Å². The summed E-state index contributed by atoms with van der Waals surface area (Å²) in [6.45, 7) is 8.25. The van der Waals surface area contributed by atoms with Crippen LogP contribution in [0, 0.1) is 14.9 Å². The minimum atomic E-state index is 0. The van der Waals surface area contributed by atoms with Crippen molar-refractivity contribution < 1.29 is 32.7 Å². The first-order valence-corrected chi connectivity index (χ1v) is 4.41. The predicted molar refractivity (Wildman–Crippen MR) is 66.6 cm³/mol. The van der Waals surface area contributed by atoms with Crippen molar-refractivity contribution in [3.63, 3.8) is 0 Å². The van der Waals surface area contributed by atoms with Crippen molar-refractivity contribution in [2.75, 3.05) is 0 Å². The van der Waals surface area contributed by atoms with Gasteiger partial charge in [-0.05, 0) is 0 Å². The summed E-state index contributed by atoms with van der Waals surface area (Å²) in [4.78, 5) is 0. The maximum Gasteiger partial charge on any atom is 0 e. The van der Waals surface area contributed by atoms with Crippen molar-refractivity contribution in [2.24, 2.45) is 0 Å². The average Bonchev–Trinajstić information content (AvgIpc) is 2.12. The van der Waals surface area contributed by atoms with Crippen LogP contribution in [-0.2, 0) is 32.7 Å². The molecule has 14 heavy (non-hydrogen) atoms. The fourth-order valence-electron chi connectivity index (χ4n) is 0.385. The fourth-order valence-corrected chi connectivity index (χ4v) is 0.385. The van der Waals surface area contributed by atoms with Crippen LogP contribution in [0.4, 0.5) is 0 Å². The van der Waals surface area contributed by atoms with Gasteiger partial charge in [0.15, 0.2) is 0 Å². The van der Waals surface area contributed by atoms with Gasteiger partial charge >= 0.3 is 0 Å². The van der Waals surface area contributed by atoms with Gasteiger partial charge in [0.1, 0.15) is 0 Å². The van der Waals surface area contributed by atoms with Gasteiger partial charge in [-0.3, -0.25) is 0 Å². The second-order valence-corrected chi connectivity index (χ2v) is 1.86. The molecular formula is C13H26Y-2. The van der Waals surface area contributed by atoms with Crippen LogP contribution in [0.1, 0.15) is 34.1 Å². The van der Waals surface area contributed by atoms with Gasteiger partial charge in [0.05, 0.1) is 0 Å². The molecule has 0 saturated heterocycles. The molecule has 0 saturated carbocycles. The quantitative estimate of drug-likeness (QED) is 0.581. The van der Waals surface area contributed by atoms with E-state index >= 15 is 0 Å². The van der Waals surface area contributed by atoms with Crippen LogP contribution in [0.2, 0.25) is 0 Å². The van der Waals surface area contributed by atoms with Gasteiger partial charge in [-0.1, -0.05) is 70.5 Å². The smallest absolute Gasteiger partial charge is 0 e. The van der Waals surface area contributed by atoms with E-state index in [1.165, 1.54) is 6.42 Å². The minimum Gasteiger partial charge on any atom is -0.358 e. The Kier molecular flexibility index (Phi) is 78.8. The van der Waals surface area contributed by atoms with E-state index in [2.05, 4.69) is 13.8 Å². The van der Waals surface area contributed by atoms with Crippen molar-refractivity contribution in [1.29, 1.82) is 0 Å². The Balaban J connectivity index is -0.0000000305. The van der Waals surface area contributed by atoms with Crippen LogP contribution in [-0.4, -0.2) is 0 Å². The Labute approximate surface area is 117 Å². The first-order valence-electron chi connectivity index (χ1n) is 4.41. The zero-order chi connectivity index (χ0) is 8.95. The summed E-state index contributed by atoms with van der Waals surface area (Å²) in [5.41, 5.74) is 0. The van der Waals surface area contributed by atoms with E-state index in [1.54, 1.807) is 0 Å². The van der Waals surface area contributed by atoms with E-state index in [9.17, 15) is 0 Å². The molecule has 0 heterocycles. The Morgan fingerprint density at radius 1 is 0.643 bits per heavy atom. The van der Waals surface area contributed by atoms with Crippen molar-refractivity contribution in [1.82, 2.24) is 0 Å². The normalized spacial score (nSPS) is 5.14. The molecule has 0 N–H and O–H groups in total. The minimum absolute atomic E-state index is 0. The number of rotatable bonds is 0. The predicted octanol–water partition coefficient (Wildman–Crippen LogP) is 5.03. The van der Waals surface area contributed by atoms with Gasteiger partial charge in [-0.2, -0.15) is 0 Å². The van der Waals surface area contributed by atoms with Crippen molar-refractivity contribution >= 4 is 0 Å². The van der Waals surface area contributed by atoms with Crippen LogP contribution < -0.4 is 0 Å². The molecule has 0 nitrogen and oxygen atoms in total. The Bertz CT molecular complexity index is 88.1. The SMILES string of the molecule is CC.CCC.[CH3-].[CH3-].[Y].c1ccccc1. The van der Waals surface area contributed by atoms with E-state index in [0.29, 0.717) is 0 Å². The molecule has 1 aromatic carbocycles. The maximum absolute atomic E-state index is 2.12. The molecular weight excluding hydrogens is 245 g/mol. The third-order valence-electron chi connectivity index (χ3n) is 0.667. The summed E-state index contributed by atoms with van der Waals surface area (Å²) >= 11 is 0. The van der Waals surface area contributed by atoms with Gasteiger partial charge in [0, 0.05) is 32.7 Å². The summed E-state index contributed by atoms with van der Waals surface area (Å²) in [7, 11) is 0. The average molecular weight is 271 g/mol. The summed E-state index contributed by atoms with van der Waals surface area (Å²) in [5, 5.41) is 0. The number of hydrogen-bond donors (Lipinski definition) is 0. The van der Waals surface area contributed by atoms with Crippen molar-refractivity contribution in [3.8, 4) is 0 Å². The summed E-state index contributed by atoms with van der Waals surface area (Å²) in [6.07, 6.45) is 1.25. The molecule has 1 aromatic rings. The van der Waals surface area contributed by atoms with Crippen molar-refractivity contribution in [2.45, 2.75) is 34.1 Å².